The van der Waals surface area contributed by atoms with Crippen molar-refractivity contribution in [1.29, 1.82) is 0 Å². The Morgan fingerprint density at radius 3 is 3.00 bits per heavy atom. The predicted octanol–water partition coefficient (Wildman–Crippen LogP) is 0.690. The third kappa shape index (κ3) is 1.42. The minimum absolute atomic E-state index is 0.808. The van der Waals surface area contributed by atoms with Crippen molar-refractivity contribution in [2.45, 2.75) is 25.3 Å². The molecule has 2 aliphatic heterocycles. The molecule has 0 aromatic rings. The van der Waals surface area contributed by atoms with Crippen molar-refractivity contribution in [2.75, 3.05) is 26.7 Å². The fraction of sp³-hybridized carbons (Fsp3) is 1.00. The van der Waals surface area contributed by atoms with E-state index in [4.69, 9.17) is 0 Å². The van der Waals surface area contributed by atoms with Crippen LogP contribution in [0.3, 0.4) is 0 Å². The lowest BCUT2D eigenvalue weighted by molar-refractivity contribution is 0.338. The SMILES string of the molecule is CNC1CCCN2CCC1C2. The number of fused-ring (bicyclic) bond motifs is 2. The maximum absolute atomic E-state index is 3.44. The summed E-state index contributed by atoms with van der Waals surface area (Å²) in [6.45, 7) is 4.04. The first-order chi connectivity index (χ1) is 5.40. The van der Waals surface area contributed by atoms with Crippen LogP contribution in [0.5, 0.6) is 0 Å². The number of nitrogens with zero attached hydrogens (tertiary/aromatic N) is 1. The van der Waals surface area contributed by atoms with Crippen molar-refractivity contribution >= 4 is 0 Å². The zero-order valence-electron chi connectivity index (χ0n) is 7.34. The van der Waals surface area contributed by atoms with Crippen LogP contribution in [-0.4, -0.2) is 37.6 Å². The molecule has 0 saturated carbocycles. The third-order valence-electron chi connectivity index (χ3n) is 3.24. The Bertz CT molecular complexity index is 136. The van der Waals surface area contributed by atoms with Crippen LogP contribution in [0.4, 0.5) is 0 Å². The first-order valence-corrected chi connectivity index (χ1v) is 4.80. The van der Waals surface area contributed by atoms with Gasteiger partial charge in [0.25, 0.3) is 0 Å². The third-order valence-corrected chi connectivity index (χ3v) is 3.24. The molecule has 2 heteroatoms. The summed E-state index contributed by atoms with van der Waals surface area (Å²) in [6, 6.07) is 0.808. The Hall–Kier alpha value is -0.0800. The molecule has 0 amide bonds. The topological polar surface area (TPSA) is 15.3 Å². The Morgan fingerprint density at radius 2 is 2.18 bits per heavy atom. The maximum Gasteiger partial charge on any atom is 0.0105 e. The summed E-state index contributed by atoms with van der Waals surface area (Å²) in [5.41, 5.74) is 0. The molecule has 11 heavy (non-hydrogen) atoms. The van der Waals surface area contributed by atoms with Gasteiger partial charge in [0.1, 0.15) is 0 Å². The zero-order chi connectivity index (χ0) is 7.68. The summed E-state index contributed by atoms with van der Waals surface area (Å²) in [5.74, 6) is 0.947. The largest absolute Gasteiger partial charge is 0.317 e. The average Bonchev–Trinajstić information content (AvgIpc) is 2.33. The van der Waals surface area contributed by atoms with E-state index in [1.165, 1.54) is 38.9 Å². The molecule has 2 bridgehead atoms. The molecule has 3 atom stereocenters. The van der Waals surface area contributed by atoms with Crippen molar-refractivity contribution in [1.82, 2.24) is 10.2 Å². The van der Waals surface area contributed by atoms with Gasteiger partial charge >= 0.3 is 0 Å². The van der Waals surface area contributed by atoms with Crippen LogP contribution in [0.15, 0.2) is 0 Å². The van der Waals surface area contributed by atoms with Crippen LogP contribution in [0.25, 0.3) is 0 Å². The molecule has 0 aromatic carbocycles. The first kappa shape index (κ1) is 7.56. The lowest BCUT2D eigenvalue weighted by Gasteiger charge is -2.20. The normalized spacial score (nSPS) is 43.9. The minimum atomic E-state index is 0.808. The van der Waals surface area contributed by atoms with Crippen molar-refractivity contribution in [2.24, 2.45) is 5.92 Å². The van der Waals surface area contributed by atoms with Gasteiger partial charge in [0.05, 0.1) is 0 Å². The van der Waals surface area contributed by atoms with E-state index in [0.717, 1.165) is 12.0 Å². The van der Waals surface area contributed by atoms with Crippen LogP contribution >= 0.6 is 0 Å². The summed E-state index contributed by atoms with van der Waals surface area (Å²) in [6.07, 6.45) is 4.20. The van der Waals surface area contributed by atoms with Gasteiger partial charge < -0.3 is 10.2 Å². The molecular formula is C9H18N2. The van der Waals surface area contributed by atoms with Gasteiger partial charge in [-0.05, 0) is 45.3 Å². The molecule has 1 N–H and O–H groups in total. The fourth-order valence-electron chi connectivity index (χ4n) is 2.54. The molecule has 0 aromatic heterocycles. The standard InChI is InChI=1S/C9H18N2/c1-10-9-3-2-5-11-6-4-8(9)7-11/h8-10H,2-7H2,1H3. The van der Waals surface area contributed by atoms with Gasteiger partial charge in [-0.1, -0.05) is 0 Å². The summed E-state index contributed by atoms with van der Waals surface area (Å²) in [7, 11) is 2.11. The molecule has 2 heterocycles. The zero-order valence-corrected chi connectivity index (χ0v) is 7.34. The Labute approximate surface area is 69.0 Å². The second kappa shape index (κ2) is 3.11. The van der Waals surface area contributed by atoms with Crippen molar-refractivity contribution < 1.29 is 0 Å². The van der Waals surface area contributed by atoms with E-state index >= 15 is 0 Å². The van der Waals surface area contributed by atoms with E-state index in [9.17, 15) is 0 Å². The fourth-order valence-corrected chi connectivity index (χ4v) is 2.54. The van der Waals surface area contributed by atoms with Crippen molar-refractivity contribution in [3.63, 3.8) is 0 Å². The summed E-state index contributed by atoms with van der Waals surface area (Å²) < 4.78 is 0. The molecule has 64 valence electrons. The monoisotopic (exact) mass is 154 g/mol. The highest BCUT2D eigenvalue weighted by molar-refractivity contribution is 4.87. The van der Waals surface area contributed by atoms with Gasteiger partial charge in [0, 0.05) is 12.6 Å². The maximum atomic E-state index is 3.44. The van der Waals surface area contributed by atoms with E-state index in [1.807, 2.05) is 0 Å². The highest BCUT2D eigenvalue weighted by Crippen LogP contribution is 2.25. The molecule has 2 saturated heterocycles. The number of hydrogen-bond donors (Lipinski definition) is 1. The molecule has 2 rings (SSSR count). The Balaban J connectivity index is 2.00. The molecule has 2 aliphatic rings. The van der Waals surface area contributed by atoms with E-state index in [2.05, 4.69) is 17.3 Å². The Kier molecular flexibility index (Phi) is 2.14. The quantitative estimate of drug-likeness (QED) is 0.598. The highest BCUT2D eigenvalue weighted by Gasteiger charge is 2.30. The average molecular weight is 154 g/mol. The van der Waals surface area contributed by atoms with Crippen molar-refractivity contribution in [3.05, 3.63) is 0 Å². The minimum Gasteiger partial charge on any atom is -0.317 e. The highest BCUT2D eigenvalue weighted by atomic mass is 15.2. The van der Waals surface area contributed by atoms with Crippen LogP contribution in [0.2, 0.25) is 0 Å². The lowest BCUT2D eigenvalue weighted by Crippen LogP contribution is -2.33. The predicted molar refractivity (Wildman–Crippen MR) is 46.6 cm³/mol. The molecule has 2 nitrogen and oxygen atoms in total. The molecule has 0 spiro atoms. The van der Waals surface area contributed by atoms with E-state index < -0.39 is 0 Å². The first-order valence-electron chi connectivity index (χ1n) is 4.80. The molecule has 3 unspecified atom stereocenters. The molecular weight excluding hydrogens is 136 g/mol. The van der Waals surface area contributed by atoms with Crippen LogP contribution in [0.1, 0.15) is 19.3 Å². The van der Waals surface area contributed by atoms with E-state index in [1.54, 1.807) is 0 Å². The number of hydrogen-bond acceptors (Lipinski definition) is 2. The molecule has 2 fully saturated rings. The number of nitrogens with one attached hydrogen (secondary N) is 1. The summed E-state index contributed by atoms with van der Waals surface area (Å²) in [5, 5.41) is 3.44. The number of rotatable bonds is 1. The second-order valence-electron chi connectivity index (χ2n) is 3.89. The van der Waals surface area contributed by atoms with Crippen LogP contribution < -0.4 is 5.32 Å². The summed E-state index contributed by atoms with van der Waals surface area (Å²) in [4.78, 5) is 2.61. The smallest absolute Gasteiger partial charge is 0.0105 e. The van der Waals surface area contributed by atoms with Gasteiger partial charge in [-0.2, -0.15) is 0 Å². The van der Waals surface area contributed by atoms with Crippen LogP contribution in [-0.2, 0) is 0 Å². The lowest BCUT2D eigenvalue weighted by atomic mass is 9.96. The van der Waals surface area contributed by atoms with E-state index in [0.29, 0.717) is 0 Å². The van der Waals surface area contributed by atoms with Crippen LogP contribution in [0, 0.1) is 5.92 Å². The Morgan fingerprint density at radius 1 is 1.27 bits per heavy atom. The van der Waals surface area contributed by atoms with Gasteiger partial charge in [0.15, 0.2) is 0 Å². The van der Waals surface area contributed by atoms with Crippen molar-refractivity contribution in [3.8, 4) is 0 Å². The summed E-state index contributed by atoms with van der Waals surface area (Å²) >= 11 is 0. The second-order valence-corrected chi connectivity index (χ2v) is 3.89. The van der Waals surface area contributed by atoms with E-state index in [-0.39, 0.29) is 0 Å². The van der Waals surface area contributed by atoms with Gasteiger partial charge in [-0.3, -0.25) is 0 Å². The molecule has 0 radical (unpaired) electrons. The van der Waals surface area contributed by atoms with Gasteiger partial charge in [0.2, 0.25) is 0 Å². The van der Waals surface area contributed by atoms with Gasteiger partial charge in [-0.15, -0.1) is 0 Å². The molecule has 0 aliphatic carbocycles. The van der Waals surface area contributed by atoms with Gasteiger partial charge in [-0.25, -0.2) is 0 Å².